The smallest absolute Gasteiger partial charge is 0.258 e. The summed E-state index contributed by atoms with van der Waals surface area (Å²) >= 11 is 17.6. The van der Waals surface area contributed by atoms with Gasteiger partial charge in [0.25, 0.3) is 11.8 Å². The lowest BCUT2D eigenvalue weighted by Gasteiger charge is -2.50. The Balaban J connectivity index is 1.24. The molecule has 0 spiro atoms. The molecule has 3 fully saturated rings. The van der Waals surface area contributed by atoms with Gasteiger partial charge in [0.2, 0.25) is 17.6 Å². The normalized spacial score (nSPS) is 27.5. The first kappa shape index (κ1) is 36.2. The molecule has 2 saturated heterocycles. The minimum absolute atomic E-state index is 0.0533. The molecule has 8 rings (SSSR count). The molecule has 2 aliphatic heterocycles. The summed E-state index contributed by atoms with van der Waals surface area (Å²) < 4.78 is 73.9. The van der Waals surface area contributed by atoms with Gasteiger partial charge in [-0.1, -0.05) is 45.8 Å². The quantitative estimate of drug-likeness (QED) is 0.0523. The predicted octanol–water partition coefficient (Wildman–Crippen LogP) is 8.36. The molecular formula is C38H23BrCl2F5N3O5. The zero-order chi connectivity index (χ0) is 38.6. The summed E-state index contributed by atoms with van der Waals surface area (Å²) in [6, 6.07) is 19.8. The zero-order valence-corrected chi connectivity index (χ0v) is 30.3. The highest BCUT2D eigenvalue weighted by atomic mass is 79.9. The van der Waals surface area contributed by atoms with E-state index in [4.69, 9.17) is 23.2 Å². The van der Waals surface area contributed by atoms with E-state index in [0.29, 0.717) is 10.2 Å². The average molecular weight is 847 g/mol. The van der Waals surface area contributed by atoms with Crippen LogP contribution in [0.25, 0.3) is 0 Å². The van der Waals surface area contributed by atoms with Gasteiger partial charge in [-0.25, -0.2) is 26.9 Å². The van der Waals surface area contributed by atoms with Crippen LogP contribution in [0.4, 0.5) is 44.7 Å². The number of carbonyl (C=O) groups is 4. The topological polar surface area (TPSA) is 107 Å². The molecule has 0 radical (unpaired) electrons. The lowest BCUT2D eigenvalue weighted by Crippen LogP contribution is -2.60. The van der Waals surface area contributed by atoms with Gasteiger partial charge >= 0.3 is 0 Å². The van der Waals surface area contributed by atoms with E-state index < -0.39 is 104 Å². The van der Waals surface area contributed by atoms with Crippen LogP contribution in [0.15, 0.2) is 88.9 Å². The number of amides is 4. The number of rotatable bonds is 5. The number of fused-ring (bicyclic) bond motifs is 4. The second-order valence-corrected chi connectivity index (χ2v) is 15.6. The maximum absolute atomic E-state index is 15.3. The minimum atomic E-state index is -2.76. The second-order valence-electron chi connectivity index (χ2n) is 13.4. The summed E-state index contributed by atoms with van der Waals surface area (Å²) in [4.78, 5) is 52.4. The fourth-order valence-corrected chi connectivity index (χ4v) is 9.61. The van der Waals surface area contributed by atoms with Crippen molar-refractivity contribution in [1.82, 2.24) is 0 Å². The van der Waals surface area contributed by atoms with Gasteiger partial charge in [-0.05, 0) is 73.4 Å². The summed E-state index contributed by atoms with van der Waals surface area (Å²) in [7, 11) is 0. The van der Waals surface area contributed by atoms with E-state index in [1.807, 2.05) is 30.3 Å². The van der Waals surface area contributed by atoms with Gasteiger partial charge in [-0.15, -0.1) is 23.2 Å². The van der Waals surface area contributed by atoms with Crippen molar-refractivity contribution in [1.29, 1.82) is 0 Å². The van der Waals surface area contributed by atoms with Crippen molar-refractivity contribution in [3.8, 4) is 5.75 Å². The number of benzene rings is 4. The number of nitrogens with one attached hydrogen (secondary N) is 1. The van der Waals surface area contributed by atoms with Crippen molar-refractivity contribution in [2.24, 2.45) is 17.8 Å². The van der Waals surface area contributed by atoms with Gasteiger partial charge < -0.3 is 10.4 Å². The molecule has 4 aliphatic rings. The largest absolute Gasteiger partial charge is 0.508 e. The molecular weight excluding hydrogens is 824 g/mol. The highest BCUT2D eigenvalue weighted by Crippen LogP contribution is 2.67. The number of phenolic OH excluding ortho intramolecular Hbond substituents is 1. The van der Waals surface area contributed by atoms with Crippen LogP contribution in [-0.2, 0) is 19.2 Å². The highest BCUT2D eigenvalue weighted by Gasteiger charge is 2.77. The Kier molecular flexibility index (Phi) is 8.47. The number of imide groups is 2. The lowest BCUT2D eigenvalue weighted by atomic mass is 9.56. The summed E-state index contributed by atoms with van der Waals surface area (Å²) in [5, 5.41) is 14.4. The first-order valence-corrected chi connectivity index (χ1v) is 17.9. The molecule has 4 aromatic rings. The molecule has 54 heavy (non-hydrogen) atoms. The molecule has 16 heteroatoms. The van der Waals surface area contributed by atoms with Gasteiger partial charge in [0.1, 0.15) is 11.4 Å². The number of hydrogen-bond acceptors (Lipinski definition) is 6. The Hall–Kier alpha value is -4.79. The molecule has 0 bridgehead atoms. The number of hydrogen-bond donors (Lipinski definition) is 2. The van der Waals surface area contributed by atoms with E-state index in [1.54, 1.807) is 30.3 Å². The highest BCUT2D eigenvalue weighted by molar-refractivity contribution is 9.10. The Morgan fingerprint density at radius 2 is 1.35 bits per heavy atom. The third-order valence-electron chi connectivity index (χ3n) is 10.7. The van der Waals surface area contributed by atoms with Crippen LogP contribution in [0.2, 0.25) is 0 Å². The summed E-state index contributed by atoms with van der Waals surface area (Å²) in [6.07, 6.45) is 0.833. The number of aromatic hydroxyl groups is 1. The third-order valence-corrected chi connectivity index (χ3v) is 12.6. The summed E-state index contributed by atoms with van der Waals surface area (Å²) in [5.74, 6) is -22.2. The number of nitrogens with zero attached hydrogens (tertiary/aromatic N) is 2. The van der Waals surface area contributed by atoms with Gasteiger partial charge in [0.05, 0.1) is 17.5 Å². The number of alkyl halides is 2. The van der Waals surface area contributed by atoms with Crippen LogP contribution in [0.1, 0.15) is 24.3 Å². The van der Waals surface area contributed by atoms with Crippen molar-refractivity contribution in [3.63, 3.8) is 0 Å². The SMILES string of the molecule is O=C1C2CC=C3C(CC4(Cl)C(=O)N(c5c(F)c(F)c(F)c(F)c5F)C(=O)C4(Cl)C3c3cc(Br)ccc3O)C2C(=O)N1c1ccc(Nc2ccccc2)cc1. The summed E-state index contributed by atoms with van der Waals surface area (Å²) in [6.45, 7) is 0. The van der Waals surface area contributed by atoms with Crippen molar-refractivity contribution in [2.75, 3.05) is 15.1 Å². The fourth-order valence-electron chi connectivity index (χ4n) is 8.31. The number of carbonyl (C=O) groups excluding carboxylic acids is 4. The molecule has 276 valence electrons. The summed E-state index contributed by atoms with van der Waals surface area (Å²) in [5.41, 5.74) is -0.0637. The molecule has 1 saturated carbocycles. The predicted molar refractivity (Wildman–Crippen MR) is 191 cm³/mol. The van der Waals surface area contributed by atoms with E-state index >= 15 is 8.78 Å². The standard InChI is InChI=1S/C38H23BrCl2F5N3O5/c39-16-6-13-24(50)22(14-16)26-20-11-12-21-25(34(52)48(33(21)51)19-9-7-18(8-10-19)47-17-4-2-1-3-5-17)23(20)15-37(40)35(53)49(36(54)38(26,37)41)32-30(45)28(43)27(42)29(44)31(32)46/h1-11,13-14,21,23,25-26,47,50H,12,15H2. The number of allylic oxidation sites excluding steroid dienone is 2. The van der Waals surface area contributed by atoms with Crippen LogP contribution in [0.3, 0.4) is 0 Å². The molecule has 8 nitrogen and oxygen atoms in total. The molecule has 2 aliphatic carbocycles. The first-order valence-electron chi connectivity index (χ1n) is 16.4. The van der Waals surface area contributed by atoms with E-state index in [-0.39, 0.29) is 28.1 Å². The molecule has 4 aromatic carbocycles. The van der Waals surface area contributed by atoms with Gasteiger partial charge in [-0.2, -0.15) is 0 Å². The number of para-hydroxylation sites is 1. The van der Waals surface area contributed by atoms with Crippen LogP contribution >= 0.6 is 39.1 Å². The molecule has 6 atom stereocenters. The molecule has 6 unspecified atom stereocenters. The van der Waals surface area contributed by atoms with E-state index in [9.17, 15) is 37.5 Å². The van der Waals surface area contributed by atoms with Gasteiger partial charge in [0, 0.05) is 27.3 Å². The van der Waals surface area contributed by atoms with Crippen molar-refractivity contribution in [2.45, 2.75) is 28.5 Å². The zero-order valence-electron chi connectivity index (χ0n) is 27.2. The Morgan fingerprint density at radius 3 is 2.00 bits per heavy atom. The Morgan fingerprint density at radius 1 is 0.741 bits per heavy atom. The van der Waals surface area contributed by atoms with E-state index in [2.05, 4.69) is 21.2 Å². The van der Waals surface area contributed by atoms with Crippen LogP contribution in [-0.4, -0.2) is 38.5 Å². The average Bonchev–Trinajstić information content (AvgIpc) is 3.49. The van der Waals surface area contributed by atoms with E-state index in [1.165, 1.54) is 18.2 Å². The van der Waals surface area contributed by atoms with Gasteiger partial charge in [0.15, 0.2) is 33.0 Å². The molecule has 4 amide bonds. The lowest BCUT2D eigenvalue weighted by molar-refractivity contribution is -0.125. The monoisotopic (exact) mass is 845 g/mol. The third kappa shape index (κ3) is 4.92. The molecule has 0 aromatic heterocycles. The first-order chi connectivity index (χ1) is 25.6. The van der Waals surface area contributed by atoms with Crippen LogP contribution in [0, 0.1) is 46.8 Å². The minimum Gasteiger partial charge on any atom is -0.508 e. The second kappa shape index (κ2) is 12.6. The van der Waals surface area contributed by atoms with Crippen molar-refractivity contribution < 1.29 is 46.2 Å². The number of phenols is 1. The van der Waals surface area contributed by atoms with Crippen molar-refractivity contribution >= 4 is 85.5 Å². The molecule has 2 heterocycles. The van der Waals surface area contributed by atoms with Crippen molar-refractivity contribution in [3.05, 3.63) is 124 Å². The van der Waals surface area contributed by atoms with Gasteiger partial charge in [-0.3, -0.25) is 24.1 Å². The maximum Gasteiger partial charge on any atom is 0.258 e. The number of anilines is 4. The van der Waals surface area contributed by atoms with Crippen LogP contribution in [0.5, 0.6) is 5.75 Å². The molecule has 2 N–H and O–H groups in total. The fraction of sp³-hybridized carbons (Fsp3) is 0.211. The Labute approximate surface area is 321 Å². The maximum atomic E-state index is 15.3. The van der Waals surface area contributed by atoms with Crippen LogP contribution < -0.4 is 15.1 Å². The van der Waals surface area contributed by atoms with E-state index in [0.717, 1.165) is 10.6 Å². The number of halogens is 8. The Bertz CT molecular complexity index is 2340.